The summed E-state index contributed by atoms with van der Waals surface area (Å²) in [6.45, 7) is 4.46. The molecule has 1 fully saturated rings. The van der Waals surface area contributed by atoms with Crippen LogP contribution in [0.25, 0.3) is 0 Å². The maximum absolute atomic E-state index is 13.9. The summed E-state index contributed by atoms with van der Waals surface area (Å²) >= 11 is 0. The number of nitrogens with zero attached hydrogens (tertiary/aromatic N) is 2. The van der Waals surface area contributed by atoms with Crippen molar-refractivity contribution >= 4 is 71.0 Å². The first-order valence-electron chi connectivity index (χ1n) is 22.2. The fraction of sp³-hybridized carbons (Fsp3) is 0.700. The van der Waals surface area contributed by atoms with Gasteiger partial charge in [-0.3, -0.25) is 52.9 Å². The summed E-state index contributed by atoms with van der Waals surface area (Å²) in [4.78, 5) is 147. The third-order valence-electron chi connectivity index (χ3n) is 10.8. The van der Waals surface area contributed by atoms with Crippen molar-refractivity contribution in [1.29, 1.82) is 0 Å². The van der Waals surface area contributed by atoms with E-state index in [4.69, 9.17) is 22.9 Å². The van der Waals surface area contributed by atoms with Crippen molar-refractivity contribution in [3.05, 3.63) is 0 Å². The van der Waals surface area contributed by atoms with E-state index in [2.05, 4.69) is 47.5 Å². The molecule has 10 atom stereocenters. The molecule has 0 spiro atoms. The highest BCUT2D eigenvalue weighted by Crippen LogP contribution is 2.20. The molecule has 29 nitrogen and oxygen atoms in total. The van der Waals surface area contributed by atoms with Gasteiger partial charge in [-0.05, 0) is 44.4 Å². The summed E-state index contributed by atoms with van der Waals surface area (Å²) in [6, 6.07) is -11.8. The van der Waals surface area contributed by atoms with Crippen LogP contribution in [-0.4, -0.2) is 190 Å². The molecule has 0 saturated carbocycles. The van der Waals surface area contributed by atoms with Crippen LogP contribution in [0.5, 0.6) is 0 Å². The Labute approximate surface area is 397 Å². The molecule has 0 aliphatic carbocycles. The molecule has 20 N–H and O–H groups in total. The van der Waals surface area contributed by atoms with Crippen LogP contribution in [0.3, 0.4) is 0 Å². The molecule has 1 aliphatic heterocycles. The van der Waals surface area contributed by atoms with Gasteiger partial charge in [0.1, 0.15) is 48.3 Å². The number of carbonyl (C=O) groups is 11. The molecule has 1 rings (SSSR count). The van der Waals surface area contributed by atoms with Crippen LogP contribution in [-0.2, 0) is 52.7 Å². The third-order valence-corrected chi connectivity index (χ3v) is 10.8. The molecule has 0 aromatic carbocycles. The molecule has 69 heavy (non-hydrogen) atoms. The lowest BCUT2D eigenvalue weighted by molar-refractivity contribution is -0.143. The van der Waals surface area contributed by atoms with Crippen molar-refractivity contribution in [2.24, 2.45) is 39.8 Å². The molecule has 0 aromatic heterocycles. The van der Waals surface area contributed by atoms with Gasteiger partial charge >= 0.3 is 5.97 Å². The third kappa shape index (κ3) is 20.2. The minimum absolute atomic E-state index is 0.00188. The predicted molar refractivity (Wildman–Crippen MR) is 242 cm³/mol. The summed E-state index contributed by atoms with van der Waals surface area (Å²) in [5.41, 5.74) is 21.1. The zero-order valence-electron chi connectivity index (χ0n) is 39.3. The molecular formula is C40H70N14O15. The Bertz CT molecular complexity index is 1860. The molecule has 0 unspecified atom stereocenters. The molecule has 0 aromatic rings. The van der Waals surface area contributed by atoms with E-state index < -0.39 is 164 Å². The van der Waals surface area contributed by atoms with Crippen molar-refractivity contribution < 1.29 is 73.2 Å². The van der Waals surface area contributed by atoms with Crippen LogP contribution in [0.1, 0.15) is 73.1 Å². The van der Waals surface area contributed by atoms with Crippen molar-refractivity contribution in [2.75, 3.05) is 39.4 Å². The minimum atomic E-state index is -1.66. The monoisotopic (exact) mass is 987 g/mol. The highest BCUT2D eigenvalue weighted by molar-refractivity contribution is 5.99. The van der Waals surface area contributed by atoms with E-state index in [0.717, 1.165) is 4.90 Å². The number of primary amides is 1. The predicted octanol–water partition coefficient (Wildman–Crippen LogP) is -8.47. The van der Waals surface area contributed by atoms with E-state index in [1.165, 1.54) is 6.92 Å². The van der Waals surface area contributed by atoms with Crippen LogP contribution >= 0.6 is 0 Å². The standard InChI is InChI=1S/C40H70N14O15/c1-6-19(4)30(36(65)52-29(18(2)3)35(64)49-22(13-26(42)58)33(62)48-21(39(68)69)9-7-11-45-40(43)44)53-34(63)25-10-8-12-54(25)38(67)24(17-56)47-28(60)15-46-32(61)23(16-55)50-37(66)31(20(5)57)51-27(59)14-41/h18-25,29-31,55-57H,6-17,41H2,1-5H3,(H2,42,58)(H,46,61)(H,47,60)(H,48,62)(H,49,64)(H,50,66)(H,51,59)(H,52,65)(H,53,63)(H,68,69)(H4,43,44,45)/t19-,20+,21-,22-,23-,24-,25-,29-,30-,31-/m0/s1. The fourth-order valence-electron chi connectivity index (χ4n) is 6.75. The second-order valence-corrected chi connectivity index (χ2v) is 16.6. The van der Waals surface area contributed by atoms with E-state index in [0.29, 0.717) is 12.8 Å². The summed E-state index contributed by atoms with van der Waals surface area (Å²) < 4.78 is 0. The van der Waals surface area contributed by atoms with Crippen LogP contribution in [0.2, 0.25) is 0 Å². The summed E-state index contributed by atoms with van der Waals surface area (Å²) in [5, 5.41) is 57.9. The number of hydrogen-bond donors (Lipinski definition) is 16. The molecule has 390 valence electrons. The average molecular weight is 987 g/mol. The number of hydrogen-bond acceptors (Lipinski definition) is 16. The van der Waals surface area contributed by atoms with E-state index in [-0.39, 0.29) is 38.3 Å². The highest BCUT2D eigenvalue weighted by Gasteiger charge is 2.41. The molecule has 0 bridgehead atoms. The first-order valence-corrected chi connectivity index (χ1v) is 22.2. The van der Waals surface area contributed by atoms with Gasteiger partial charge in [0.25, 0.3) is 0 Å². The number of carboxylic acids is 1. The van der Waals surface area contributed by atoms with Crippen LogP contribution in [0, 0.1) is 11.8 Å². The second-order valence-electron chi connectivity index (χ2n) is 16.6. The Morgan fingerprint density at radius 3 is 1.80 bits per heavy atom. The molecular weight excluding hydrogens is 917 g/mol. The van der Waals surface area contributed by atoms with Crippen LogP contribution in [0.4, 0.5) is 0 Å². The lowest BCUT2D eigenvalue weighted by Gasteiger charge is -2.32. The number of nitrogens with two attached hydrogens (primary N) is 4. The molecule has 1 aliphatic rings. The molecule has 10 amide bonds. The SMILES string of the molecule is CC[C@H](C)[C@H](NC(=O)[C@@H]1CCCN1C(=O)[C@H](CO)NC(=O)CNC(=O)[C@H](CO)NC(=O)[C@@H](NC(=O)CN)[C@@H](C)O)C(=O)N[C@H](C(=O)N[C@@H](CC(N)=O)C(=O)N[C@@H](CCCN=C(N)N)C(=O)O)C(C)C. The average Bonchev–Trinajstić information content (AvgIpc) is 3.79. The number of aliphatic imine (C=N–C) groups is 1. The fourth-order valence-corrected chi connectivity index (χ4v) is 6.75. The van der Waals surface area contributed by atoms with Gasteiger partial charge in [-0.1, -0.05) is 34.1 Å². The number of carbonyl (C=O) groups excluding carboxylic acids is 10. The Morgan fingerprint density at radius 1 is 0.696 bits per heavy atom. The number of amides is 10. The van der Waals surface area contributed by atoms with Gasteiger partial charge in [0.2, 0.25) is 59.1 Å². The van der Waals surface area contributed by atoms with Crippen molar-refractivity contribution in [2.45, 2.75) is 128 Å². The topological polar surface area (TPSA) is 485 Å². The number of carboxylic acid groups (broad SMARTS) is 1. The van der Waals surface area contributed by atoms with E-state index in [1.807, 2.05) is 0 Å². The Hall–Kier alpha value is -6.72. The first kappa shape index (κ1) is 60.3. The first-order chi connectivity index (χ1) is 32.3. The number of rotatable bonds is 30. The quantitative estimate of drug-likeness (QED) is 0.0181. The number of nitrogens with one attached hydrogen (secondary N) is 8. The van der Waals surface area contributed by atoms with Crippen LogP contribution < -0.4 is 65.5 Å². The van der Waals surface area contributed by atoms with Crippen LogP contribution in [0.15, 0.2) is 4.99 Å². The zero-order chi connectivity index (χ0) is 52.7. The summed E-state index contributed by atoms with van der Waals surface area (Å²) in [5.74, 6) is -12.4. The molecule has 1 saturated heterocycles. The van der Waals surface area contributed by atoms with Crippen molar-refractivity contribution in [1.82, 2.24) is 47.4 Å². The van der Waals surface area contributed by atoms with Gasteiger partial charge in [0, 0.05) is 13.1 Å². The van der Waals surface area contributed by atoms with Crippen molar-refractivity contribution in [3.63, 3.8) is 0 Å². The number of aliphatic carboxylic acids is 1. The number of aliphatic hydroxyl groups excluding tert-OH is 3. The molecule has 29 heteroatoms. The lowest BCUT2D eigenvalue weighted by atomic mass is 9.95. The number of aliphatic hydroxyl groups is 3. The van der Waals surface area contributed by atoms with Gasteiger partial charge in [0.15, 0.2) is 5.96 Å². The van der Waals surface area contributed by atoms with Crippen molar-refractivity contribution in [3.8, 4) is 0 Å². The van der Waals surface area contributed by atoms with Gasteiger partial charge in [-0.15, -0.1) is 0 Å². The smallest absolute Gasteiger partial charge is 0.326 e. The lowest BCUT2D eigenvalue weighted by Crippen LogP contribution is -2.61. The maximum Gasteiger partial charge on any atom is 0.326 e. The number of likely N-dealkylation sites (tertiary alicyclic amines) is 1. The van der Waals surface area contributed by atoms with Gasteiger partial charge in [-0.25, -0.2) is 4.79 Å². The molecule has 0 radical (unpaired) electrons. The maximum atomic E-state index is 13.9. The zero-order valence-corrected chi connectivity index (χ0v) is 39.3. The minimum Gasteiger partial charge on any atom is -0.480 e. The highest BCUT2D eigenvalue weighted by atomic mass is 16.4. The van der Waals surface area contributed by atoms with E-state index >= 15 is 0 Å². The Kier molecular flexibility index (Phi) is 26.1. The Balaban J connectivity index is 3.11. The Morgan fingerprint density at radius 2 is 1.28 bits per heavy atom. The summed E-state index contributed by atoms with van der Waals surface area (Å²) in [6.07, 6.45) is -1.42. The van der Waals surface area contributed by atoms with Gasteiger partial charge < -0.3 is 90.8 Å². The van der Waals surface area contributed by atoms with Gasteiger partial charge in [-0.2, -0.15) is 0 Å². The largest absolute Gasteiger partial charge is 0.480 e. The second kappa shape index (κ2) is 29.9. The molecule has 1 heterocycles. The van der Waals surface area contributed by atoms with E-state index in [9.17, 15) is 73.2 Å². The number of guanidine groups is 1. The summed E-state index contributed by atoms with van der Waals surface area (Å²) in [7, 11) is 0. The normalized spacial score (nSPS) is 17.1. The van der Waals surface area contributed by atoms with Gasteiger partial charge in [0.05, 0.1) is 38.8 Å². The van der Waals surface area contributed by atoms with E-state index in [1.54, 1.807) is 27.7 Å².